The first-order valence-electron chi connectivity index (χ1n) is 7.78. The van der Waals surface area contributed by atoms with Crippen molar-refractivity contribution in [2.75, 3.05) is 0 Å². The first kappa shape index (κ1) is 14.1. The van der Waals surface area contributed by atoms with Crippen LogP contribution in [0.25, 0.3) is 0 Å². The van der Waals surface area contributed by atoms with Crippen molar-refractivity contribution in [2.45, 2.75) is 50.7 Å². The summed E-state index contributed by atoms with van der Waals surface area (Å²) in [5, 5.41) is 17.8. The molecule has 21 heavy (non-hydrogen) atoms. The van der Waals surface area contributed by atoms with E-state index in [1.165, 1.54) is 25.7 Å². The first-order valence-corrected chi connectivity index (χ1v) is 7.78. The molecule has 3 unspecified atom stereocenters. The van der Waals surface area contributed by atoms with Crippen LogP contribution in [0.4, 0.5) is 0 Å². The Kier molecular flexibility index (Phi) is 4.25. The van der Waals surface area contributed by atoms with E-state index in [1.807, 2.05) is 24.4 Å². The summed E-state index contributed by atoms with van der Waals surface area (Å²) >= 11 is 0. The van der Waals surface area contributed by atoms with Crippen molar-refractivity contribution in [2.24, 2.45) is 0 Å². The van der Waals surface area contributed by atoms with Gasteiger partial charge in [-0.25, -0.2) is 0 Å². The molecule has 0 amide bonds. The lowest BCUT2D eigenvalue weighted by Gasteiger charge is -2.34. The summed E-state index contributed by atoms with van der Waals surface area (Å²) in [7, 11) is 0. The monoisotopic (exact) mass is 285 g/mol. The van der Waals surface area contributed by atoms with Crippen LogP contribution in [0.1, 0.15) is 50.3 Å². The quantitative estimate of drug-likeness (QED) is 0.905. The zero-order valence-corrected chi connectivity index (χ0v) is 12.4. The predicted molar refractivity (Wildman–Crippen MR) is 83.2 cm³/mol. The molecule has 1 aliphatic rings. The van der Waals surface area contributed by atoms with Crippen molar-refractivity contribution in [3.63, 3.8) is 0 Å². The molecule has 4 nitrogen and oxygen atoms in total. The Balaban J connectivity index is 1.72. The van der Waals surface area contributed by atoms with Gasteiger partial charge in [0, 0.05) is 24.5 Å². The van der Waals surface area contributed by atoms with Gasteiger partial charge in [0.1, 0.15) is 5.75 Å². The number of benzene rings is 1. The molecule has 1 fully saturated rings. The molecule has 112 valence electrons. The molecule has 1 heterocycles. The highest BCUT2D eigenvalue weighted by Crippen LogP contribution is 2.30. The molecule has 0 aliphatic heterocycles. The molecule has 2 aromatic rings. The maximum absolute atomic E-state index is 9.63. The summed E-state index contributed by atoms with van der Waals surface area (Å²) in [5.41, 5.74) is 1.12. The normalized spacial score (nSPS) is 23.9. The van der Waals surface area contributed by atoms with E-state index in [-0.39, 0.29) is 6.04 Å². The Hall–Kier alpha value is -1.81. The van der Waals surface area contributed by atoms with Gasteiger partial charge >= 0.3 is 0 Å². The van der Waals surface area contributed by atoms with E-state index in [0.29, 0.717) is 17.8 Å². The molecule has 1 saturated carbocycles. The minimum Gasteiger partial charge on any atom is -0.508 e. The number of nitrogens with one attached hydrogen (secondary N) is 1. The minimum absolute atomic E-state index is 0.221. The second-order valence-corrected chi connectivity index (χ2v) is 5.93. The van der Waals surface area contributed by atoms with Gasteiger partial charge in [0.2, 0.25) is 0 Å². The summed E-state index contributed by atoms with van der Waals surface area (Å²) in [6.45, 7) is 2.16. The van der Waals surface area contributed by atoms with Gasteiger partial charge in [-0.15, -0.1) is 0 Å². The van der Waals surface area contributed by atoms with Crippen molar-refractivity contribution in [3.8, 4) is 5.75 Å². The molecule has 2 N–H and O–H groups in total. The van der Waals surface area contributed by atoms with Crippen LogP contribution in [0, 0.1) is 0 Å². The van der Waals surface area contributed by atoms with Crippen LogP contribution in [0.3, 0.4) is 0 Å². The zero-order valence-electron chi connectivity index (χ0n) is 12.4. The second kappa shape index (κ2) is 6.31. The number of nitrogens with zero attached hydrogens (tertiary/aromatic N) is 2. The van der Waals surface area contributed by atoms with Crippen LogP contribution in [0.2, 0.25) is 0 Å². The van der Waals surface area contributed by atoms with Gasteiger partial charge in [-0.3, -0.25) is 4.68 Å². The maximum Gasteiger partial charge on any atom is 0.115 e. The van der Waals surface area contributed by atoms with Crippen molar-refractivity contribution < 1.29 is 5.11 Å². The Bertz CT molecular complexity index is 567. The number of hydrogen-bond donors (Lipinski definition) is 2. The van der Waals surface area contributed by atoms with E-state index in [0.717, 1.165) is 5.56 Å². The lowest BCUT2D eigenvalue weighted by atomic mass is 9.89. The average Bonchev–Trinajstić information content (AvgIpc) is 3.02. The zero-order chi connectivity index (χ0) is 14.7. The molecule has 1 aliphatic carbocycles. The van der Waals surface area contributed by atoms with Crippen molar-refractivity contribution in [1.82, 2.24) is 15.1 Å². The summed E-state index contributed by atoms with van der Waals surface area (Å²) < 4.78 is 2.09. The largest absolute Gasteiger partial charge is 0.508 e. The van der Waals surface area contributed by atoms with Crippen LogP contribution < -0.4 is 5.32 Å². The molecule has 0 bridgehead atoms. The summed E-state index contributed by atoms with van der Waals surface area (Å²) in [5.74, 6) is 0.327. The number of rotatable bonds is 4. The van der Waals surface area contributed by atoms with Gasteiger partial charge in [0.05, 0.1) is 6.04 Å². The average molecular weight is 285 g/mol. The van der Waals surface area contributed by atoms with Crippen LogP contribution in [-0.2, 0) is 0 Å². The van der Waals surface area contributed by atoms with Crippen molar-refractivity contribution in [3.05, 3.63) is 48.3 Å². The number of aromatic hydroxyl groups is 1. The molecule has 0 radical (unpaired) electrons. The van der Waals surface area contributed by atoms with Crippen molar-refractivity contribution in [1.29, 1.82) is 0 Å². The van der Waals surface area contributed by atoms with Gasteiger partial charge in [-0.05, 0) is 43.5 Å². The van der Waals surface area contributed by atoms with Gasteiger partial charge in [0.15, 0.2) is 0 Å². The molecule has 1 aromatic carbocycles. The number of phenols is 1. The van der Waals surface area contributed by atoms with E-state index < -0.39 is 0 Å². The number of phenolic OH excluding ortho intramolecular Hbond substituents is 1. The SMILES string of the molecule is CC(NC1CCCCC1n1cccn1)c1cccc(O)c1. The third-order valence-corrected chi connectivity index (χ3v) is 4.43. The van der Waals surface area contributed by atoms with E-state index in [1.54, 1.807) is 6.07 Å². The topological polar surface area (TPSA) is 50.1 Å². The fourth-order valence-electron chi connectivity index (χ4n) is 3.31. The van der Waals surface area contributed by atoms with E-state index >= 15 is 0 Å². The highest BCUT2D eigenvalue weighted by molar-refractivity contribution is 5.29. The Morgan fingerprint density at radius 3 is 2.90 bits per heavy atom. The maximum atomic E-state index is 9.63. The van der Waals surface area contributed by atoms with Crippen molar-refractivity contribution >= 4 is 0 Å². The predicted octanol–water partition coefficient (Wildman–Crippen LogP) is 3.42. The minimum atomic E-state index is 0.221. The smallest absolute Gasteiger partial charge is 0.115 e. The number of hydrogen-bond acceptors (Lipinski definition) is 3. The highest BCUT2D eigenvalue weighted by Gasteiger charge is 2.28. The molecule has 0 saturated heterocycles. The Morgan fingerprint density at radius 2 is 2.14 bits per heavy atom. The Labute approximate surface area is 125 Å². The summed E-state index contributed by atoms with van der Waals surface area (Å²) in [4.78, 5) is 0. The first-order chi connectivity index (χ1) is 10.2. The van der Waals surface area contributed by atoms with Crippen LogP contribution in [0.5, 0.6) is 5.75 Å². The number of aromatic nitrogens is 2. The van der Waals surface area contributed by atoms with Gasteiger partial charge in [-0.2, -0.15) is 5.10 Å². The molecule has 1 aromatic heterocycles. The van der Waals surface area contributed by atoms with E-state index in [2.05, 4.69) is 34.3 Å². The Morgan fingerprint density at radius 1 is 1.29 bits per heavy atom. The van der Waals surface area contributed by atoms with Crippen LogP contribution in [-0.4, -0.2) is 20.9 Å². The fraction of sp³-hybridized carbons (Fsp3) is 0.471. The van der Waals surface area contributed by atoms with E-state index in [4.69, 9.17) is 0 Å². The molecular formula is C17H23N3O. The van der Waals surface area contributed by atoms with Gasteiger partial charge in [-0.1, -0.05) is 25.0 Å². The second-order valence-electron chi connectivity index (χ2n) is 5.93. The standard InChI is InChI=1S/C17H23N3O/c1-13(14-6-4-7-15(21)12-14)19-16-8-2-3-9-17(16)20-11-5-10-18-20/h4-7,10-13,16-17,19,21H,2-3,8-9H2,1H3. The molecule has 3 rings (SSSR count). The molecule has 3 atom stereocenters. The highest BCUT2D eigenvalue weighted by atomic mass is 16.3. The molecule has 0 spiro atoms. The molecule has 4 heteroatoms. The molecular weight excluding hydrogens is 262 g/mol. The summed E-state index contributed by atoms with van der Waals surface area (Å²) in [6, 6.07) is 10.6. The fourth-order valence-corrected chi connectivity index (χ4v) is 3.31. The van der Waals surface area contributed by atoms with Crippen LogP contribution >= 0.6 is 0 Å². The third-order valence-electron chi connectivity index (χ3n) is 4.43. The van der Waals surface area contributed by atoms with Gasteiger partial charge < -0.3 is 10.4 Å². The van der Waals surface area contributed by atoms with E-state index in [9.17, 15) is 5.11 Å². The lowest BCUT2D eigenvalue weighted by molar-refractivity contribution is 0.233. The lowest BCUT2D eigenvalue weighted by Crippen LogP contribution is -2.41. The third kappa shape index (κ3) is 3.27. The summed E-state index contributed by atoms with van der Waals surface area (Å²) in [6.07, 6.45) is 8.79. The van der Waals surface area contributed by atoms with Gasteiger partial charge in [0.25, 0.3) is 0 Å². The van der Waals surface area contributed by atoms with Crippen LogP contribution in [0.15, 0.2) is 42.7 Å².